The van der Waals surface area contributed by atoms with Gasteiger partial charge >= 0.3 is 0 Å². The summed E-state index contributed by atoms with van der Waals surface area (Å²) in [6, 6.07) is 8.59. The standard InChI is InChI=1S/C12H8N4O3/c1-8-9(7-13)5-12(17)15(14-8)10-3-2-4-11(6-10)16(18)19/h2-6H,1H3. The molecule has 1 aromatic carbocycles. The highest BCUT2D eigenvalue weighted by Crippen LogP contribution is 2.15. The van der Waals surface area contributed by atoms with Crippen LogP contribution in [0.1, 0.15) is 11.3 Å². The van der Waals surface area contributed by atoms with Gasteiger partial charge in [-0.05, 0) is 13.0 Å². The van der Waals surface area contributed by atoms with Crippen molar-refractivity contribution in [1.29, 1.82) is 5.26 Å². The highest BCUT2D eigenvalue weighted by Gasteiger charge is 2.10. The molecule has 0 radical (unpaired) electrons. The van der Waals surface area contributed by atoms with Crippen molar-refractivity contribution < 1.29 is 4.92 Å². The van der Waals surface area contributed by atoms with Gasteiger partial charge < -0.3 is 0 Å². The summed E-state index contributed by atoms with van der Waals surface area (Å²) in [6.45, 7) is 1.59. The molecule has 7 nitrogen and oxygen atoms in total. The van der Waals surface area contributed by atoms with Crippen LogP contribution < -0.4 is 5.56 Å². The van der Waals surface area contributed by atoms with Crippen molar-refractivity contribution in [2.24, 2.45) is 0 Å². The first-order valence-corrected chi connectivity index (χ1v) is 5.29. The van der Waals surface area contributed by atoms with E-state index in [-0.39, 0.29) is 16.9 Å². The molecule has 0 amide bonds. The Morgan fingerprint density at radius 1 is 1.42 bits per heavy atom. The molecule has 1 heterocycles. The number of nitrogens with zero attached hydrogens (tertiary/aromatic N) is 4. The normalized spacial score (nSPS) is 9.89. The van der Waals surface area contributed by atoms with Crippen LogP contribution in [0.2, 0.25) is 0 Å². The summed E-state index contributed by atoms with van der Waals surface area (Å²) >= 11 is 0. The van der Waals surface area contributed by atoms with Crippen LogP contribution in [0.15, 0.2) is 35.1 Å². The molecule has 7 heteroatoms. The van der Waals surface area contributed by atoms with Crippen LogP contribution in [0, 0.1) is 28.4 Å². The average molecular weight is 256 g/mol. The number of nitro groups is 1. The predicted molar refractivity (Wildman–Crippen MR) is 65.9 cm³/mol. The molecule has 0 unspecified atom stereocenters. The molecule has 0 saturated carbocycles. The molecule has 0 aliphatic rings. The summed E-state index contributed by atoms with van der Waals surface area (Å²) in [7, 11) is 0. The molecule has 0 spiro atoms. The van der Waals surface area contributed by atoms with Crippen molar-refractivity contribution >= 4 is 5.69 Å². The average Bonchev–Trinajstić information content (AvgIpc) is 2.41. The maximum Gasteiger partial charge on any atom is 0.272 e. The SMILES string of the molecule is Cc1nn(-c2cccc([N+](=O)[O-])c2)c(=O)cc1C#N. The minimum atomic E-state index is -0.551. The summed E-state index contributed by atoms with van der Waals surface area (Å²) in [4.78, 5) is 22.0. The monoisotopic (exact) mass is 256 g/mol. The highest BCUT2D eigenvalue weighted by molar-refractivity contribution is 5.43. The smallest absolute Gasteiger partial charge is 0.267 e. The van der Waals surface area contributed by atoms with Gasteiger partial charge in [-0.15, -0.1) is 0 Å². The molecular weight excluding hydrogens is 248 g/mol. The Morgan fingerprint density at radius 3 is 2.79 bits per heavy atom. The molecule has 0 aliphatic heterocycles. The van der Waals surface area contributed by atoms with Crippen molar-refractivity contribution in [3.05, 3.63) is 62.1 Å². The number of hydrogen-bond donors (Lipinski definition) is 0. The summed E-state index contributed by atoms with van der Waals surface area (Å²) in [5, 5.41) is 23.5. The number of nitriles is 1. The van der Waals surface area contributed by atoms with Gasteiger partial charge in [-0.3, -0.25) is 14.9 Å². The maximum atomic E-state index is 11.8. The van der Waals surface area contributed by atoms with E-state index in [1.807, 2.05) is 6.07 Å². The van der Waals surface area contributed by atoms with Gasteiger partial charge in [-0.1, -0.05) is 6.07 Å². The second-order valence-electron chi connectivity index (χ2n) is 3.78. The van der Waals surface area contributed by atoms with E-state index in [0.29, 0.717) is 5.69 Å². The lowest BCUT2D eigenvalue weighted by atomic mass is 10.2. The molecule has 1 aromatic heterocycles. The first-order chi connectivity index (χ1) is 9.02. The number of benzene rings is 1. The topological polar surface area (TPSA) is 102 Å². The maximum absolute atomic E-state index is 11.8. The molecule has 0 atom stereocenters. The zero-order valence-electron chi connectivity index (χ0n) is 9.90. The van der Waals surface area contributed by atoms with Gasteiger partial charge in [-0.2, -0.15) is 15.0 Å². The summed E-state index contributed by atoms with van der Waals surface area (Å²) < 4.78 is 1.03. The Morgan fingerprint density at radius 2 is 2.16 bits per heavy atom. The lowest BCUT2D eigenvalue weighted by Gasteiger charge is -2.05. The Labute approximate surface area is 107 Å². The van der Waals surface area contributed by atoms with Crippen LogP contribution in [0.5, 0.6) is 0 Å². The van der Waals surface area contributed by atoms with Gasteiger partial charge in [0, 0.05) is 18.2 Å². The summed E-state index contributed by atoms with van der Waals surface area (Å²) in [5.41, 5.74) is 0.211. The van der Waals surface area contributed by atoms with E-state index < -0.39 is 10.5 Å². The van der Waals surface area contributed by atoms with E-state index in [1.54, 1.807) is 6.92 Å². The highest BCUT2D eigenvalue weighted by atomic mass is 16.6. The van der Waals surface area contributed by atoms with Crippen LogP contribution in [-0.4, -0.2) is 14.7 Å². The molecule has 19 heavy (non-hydrogen) atoms. The second-order valence-corrected chi connectivity index (χ2v) is 3.78. The van der Waals surface area contributed by atoms with Crippen LogP contribution in [0.4, 0.5) is 5.69 Å². The molecule has 0 saturated heterocycles. The van der Waals surface area contributed by atoms with Gasteiger partial charge in [0.1, 0.15) is 6.07 Å². The number of aromatic nitrogens is 2. The Kier molecular flexibility index (Phi) is 3.08. The molecule has 0 aliphatic carbocycles. The zero-order chi connectivity index (χ0) is 14.0. The number of nitro benzene ring substituents is 1. The van der Waals surface area contributed by atoms with E-state index in [4.69, 9.17) is 5.26 Å². The number of hydrogen-bond acceptors (Lipinski definition) is 5. The third-order valence-electron chi connectivity index (χ3n) is 2.52. The van der Waals surface area contributed by atoms with Gasteiger partial charge in [0.05, 0.1) is 21.9 Å². The van der Waals surface area contributed by atoms with Crippen LogP contribution in [0.25, 0.3) is 5.69 Å². The molecule has 0 bridgehead atoms. The fourth-order valence-corrected chi connectivity index (χ4v) is 1.58. The Hall–Kier alpha value is -3.01. The van der Waals surface area contributed by atoms with E-state index in [1.165, 1.54) is 24.3 Å². The molecular formula is C12H8N4O3. The Balaban J connectivity index is 2.63. The van der Waals surface area contributed by atoms with Crippen LogP contribution in [-0.2, 0) is 0 Å². The van der Waals surface area contributed by atoms with E-state index in [0.717, 1.165) is 10.7 Å². The summed E-state index contributed by atoms with van der Waals surface area (Å²) in [5.74, 6) is 0. The van der Waals surface area contributed by atoms with Gasteiger partial charge in [-0.25, -0.2) is 0 Å². The molecule has 0 N–H and O–H groups in total. The van der Waals surface area contributed by atoms with Crippen molar-refractivity contribution in [1.82, 2.24) is 9.78 Å². The number of aryl methyl sites for hydroxylation is 1. The number of rotatable bonds is 2. The first kappa shape index (κ1) is 12.4. The van der Waals surface area contributed by atoms with Gasteiger partial charge in [0.25, 0.3) is 11.2 Å². The summed E-state index contributed by atoms with van der Waals surface area (Å²) in [6.07, 6.45) is 0. The van der Waals surface area contributed by atoms with Crippen molar-refractivity contribution in [3.8, 4) is 11.8 Å². The lowest BCUT2D eigenvalue weighted by Crippen LogP contribution is -2.22. The van der Waals surface area contributed by atoms with Crippen molar-refractivity contribution in [3.63, 3.8) is 0 Å². The molecule has 94 valence electrons. The first-order valence-electron chi connectivity index (χ1n) is 5.29. The fourth-order valence-electron chi connectivity index (χ4n) is 1.58. The van der Waals surface area contributed by atoms with E-state index >= 15 is 0 Å². The minimum absolute atomic E-state index is 0.131. The van der Waals surface area contributed by atoms with Crippen molar-refractivity contribution in [2.75, 3.05) is 0 Å². The van der Waals surface area contributed by atoms with Crippen molar-refractivity contribution in [2.45, 2.75) is 6.92 Å². The predicted octanol–water partition coefficient (Wildman–Crippen LogP) is 1.32. The minimum Gasteiger partial charge on any atom is -0.267 e. The molecule has 2 rings (SSSR count). The fraction of sp³-hybridized carbons (Fsp3) is 0.0833. The lowest BCUT2D eigenvalue weighted by molar-refractivity contribution is -0.384. The van der Waals surface area contributed by atoms with E-state index in [9.17, 15) is 14.9 Å². The quantitative estimate of drug-likeness (QED) is 0.595. The van der Waals surface area contributed by atoms with Gasteiger partial charge in [0.15, 0.2) is 0 Å². The Bertz CT molecular complexity index is 758. The third-order valence-corrected chi connectivity index (χ3v) is 2.52. The van der Waals surface area contributed by atoms with E-state index in [2.05, 4.69) is 5.10 Å². The zero-order valence-corrected chi connectivity index (χ0v) is 9.90. The number of non-ortho nitro benzene ring substituents is 1. The largest absolute Gasteiger partial charge is 0.272 e. The second kappa shape index (κ2) is 4.70. The molecule has 2 aromatic rings. The molecule has 0 fully saturated rings. The van der Waals surface area contributed by atoms with Crippen LogP contribution in [0.3, 0.4) is 0 Å². The van der Waals surface area contributed by atoms with Crippen LogP contribution >= 0.6 is 0 Å². The van der Waals surface area contributed by atoms with Gasteiger partial charge in [0.2, 0.25) is 0 Å². The third kappa shape index (κ3) is 2.32.